The van der Waals surface area contributed by atoms with Gasteiger partial charge in [-0.05, 0) is 23.6 Å². The average molecular weight is 244 g/mol. The molecule has 0 saturated carbocycles. The number of carbonyl (C=O) groups is 1. The Morgan fingerprint density at radius 3 is 2.56 bits per heavy atom. The van der Waals surface area contributed by atoms with Gasteiger partial charge in [-0.15, -0.1) is 0 Å². The number of nitrogens with one attached hydrogen (secondary N) is 1. The summed E-state index contributed by atoms with van der Waals surface area (Å²) in [4.78, 5) is 11.0. The lowest BCUT2D eigenvalue weighted by Crippen LogP contribution is -2.12. The quantitative estimate of drug-likeness (QED) is 0.798. The fourth-order valence-electron chi connectivity index (χ4n) is 1.89. The van der Waals surface area contributed by atoms with Crippen molar-refractivity contribution in [2.24, 2.45) is 0 Å². The molecule has 0 spiro atoms. The Morgan fingerprint density at radius 2 is 2.06 bits per heavy atom. The normalized spacial score (nSPS) is 11.5. The highest BCUT2D eigenvalue weighted by Gasteiger charge is 2.21. The number of aromatic nitrogens is 2. The highest BCUT2D eigenvalue weighted by Crippen LogP contribution is 2.36. The van der Waals surface area contributed by atoms with Gasteiger partial charge in [-0.1, -0.05) is 20.8 Å². The molecule has 94 valence electrons. The molecule has 1 heterocycles. The van der Waals surface area contributed by atoms with Crippen LogP contribution in [0.3, 0.4) is 0 Å². The summed E-state index contributed by atoms with van der Waals surface area (Å²) in [5.41, 5.74) is 2.36. The number of aromatic hydroxyl groups is 1. The Balaban J connectivity index is 2.68. The second-order valence-corrected chi connectivity index (χ2v) is 5.29. The van der Waals surface area contributed by atoms with Gasteiger partial charge >= 0.3 is 0 Å². The van der Waals surface area contributed by atoms with E-state index in [4.69, 9.17) is 0 Å². The van der Waals surface area contributed by atoms with Gasteiger partial charge in [0, 0.05) is 17.3 Å². The van der Waals surface area contributed by atoms with E-state index in [0.29, 0.717) is 11.8 Å². The molecule has 2 N–H and O–H groups in total. The molecule has 0 fully saturated rings. The molecule has 2 aromatic rings. The fraction of sp³-hybridized carbons (Fsp3) is 0.286. The zero-order chi connectivity index (χ0) is 13.3. The zero-order valence-electron chi connectivity index (χ0n) is 10.7. The van der Waals surface area contributed by atoms with Crippen LogP contribution in [0.25, 0.3) is 11.3 Å². The number of benzene rings is 1. The van der Waals surface area contributed by atoms with Crippen molar-refractivity contribution >= 4 is 6.29 Å². The van der Waals surface area contributed by atoms with Crippen LogP contribution in [-0.4, -0.2) is 21.6 Å². The molecule has 0 saturated heterocycles. The van der Waals surface area contributed by atoms with Crippen molar-refractivity contribution < 1.29 is 9.90 Å². The van der Waals surface area contributed by atoms with Gasteiger partial charge in [-0.3, -0.25) is 9.89 Å². The Morgan fingerprint density at radius 1 is 1.33 bits per heavy atom. The van der Waals surface area contributed by atoms with Gasteiger partial charge in [-0.25, -0.2) is 0 Å². The van der Waals surface area contributed by atoms with Gasteiger partial charge in [0.1, 0.15) is 5.75 Å². The average Bonchev–Trinajstić information content (AvgIpc) is 2.81. The number of aldehydes is 1. The van der Waals surface area contributed by atoms with Crippen molar-refractivity contribution in [2.75, 3.05) is 0 Å². The molecule has 0 amide bonds. The van der Waals surface area contributed by atoms with Gasteiger partial charge in [0.15, 0.2) is 6.29 Å². The van der Waals surface area contributed by atoms with Crippen molar-refractivity contribution in [1.82, 2.24) is 10.2 Å². The highest BCUT2D eigenvalue weighted by atomic mass is 16.3. The monoisotopic (exact) mass is 244 g/mol. The maximum absolute atomic E-state index is 11.0. The van der Waals surface area contributed by atoms with E-state index in [9.17, 15) is 9.90 Å². The van der Waals surface area contributed by atoms with E-state index in [1.54, 1.807) is 12.3 Å². The second-order valence-electron chi connectivity index (χ2n) is 5.29. The van der Waals surface area contributed by atoms with Gasteiger partial charge < -0.3 is 5.11 Å². The van der Waals surface area contributed by atoms with Crippen molar-refractivity contribution in [3.05, 3.63) is 35.5 Å². The molecule has 4 nitrogen and oxygen atoms in total. The van der Waals surface area contributed by atoms with Crippen LogP contribution in [-0.2, 0) is 5.41 Å². The lowest BCUT2D eigenvalue weighted by Gasteiger charge is -2.22. The summed E-state index contributed by atoms with van der Waals surface area (Å²) < 4.78 is 0. The Bertz CT molecular complexity index is 566. The smallest absolute Gasteiger partial charge is 0.153 e. The maximum Gasteiger partial charge on any atom is 0.153 e. The number of phenols is 1. The largest absolute Gasteiger partial charge is 0.507 e. The molecule has 0 radical (unpaired) electrons. The first-order valence-electron chi connectivity index (χ1n) is 5.76. The van der Waals surface area contributed by atoms with Crippen LogP contribution in [0.15, 0.2) is 24.4 Å². The van der Waals surface area contributed by atoms with E-state index < -0.39 is 0 Å². The van der Waals surface area contributed by atoms with Crippen LogP contribution in [0.5, 0.6) is 5.75 Å². The lowest BCUT2D eigenvalue weighted by molar-refractivity contribution is 0.112. The molecular weight excluding hydrogens is 228 g/mol. The van der Waals surface area contributed by atoms with Crippen LogP contribution in [0.2, 0.25) is 0 Å². The van der Waals surface area contributed by atoms with Gasteiger partial charge in [0.05, 0.1) is 11.3 Å². The Kier molecular flexibility index (Phi) is 2.95. The predicted molar refractivity (Wildman–Crippen MR) is 69.8 cm³/mol. The molecule has 1 aromatic carbocycles. The number of rotatable bonds is 2. The van der Waals surface area contributed by atoms with E-state index in [2.05, 4.69) is 10.2 Å². The van der Waals surface area contributed by atoms with Crippen LogP contribution in [0, 0.1) is 0 Å². The van der Waals surface area contributed by atoms with E-state index in [0.717, 1.165) is 16.8 Å². The molecule has 0 atom stereocenters. The Labute approximate surface area is 106 Å². The summed E-state index contributed by atoms with van der Waals surface area (Å²) in [5.74, 6) is 0.0526. The Hall–Kier alpha value is -2.10. The van der Waals surface area contributed by atoms with Gasteiger partial charge in [-0.2, -0.15) is 5.10 Å². The topological polar surface area (TPSA) is 66.0 Å². The molecule has 4 heteroatoms. The van der Waals surface area contributed by atoms with Crippen molar-refractivity contribution in [3.8, 4) is 17.0 Å². The van der Waals surface area contributed by atoms with E-state index in [-0.39, 0.29) is 11.2 Å². The number of nitrogens with zero attached hydrogens (tertiary/aromatic N) is 1. The van der Waals surface area contributed by atoms with Crippen molar-refractivity contribution in [1.29, 1.82) is 0 Å². The third kappa shape index (κ3) is 2.14. The molecule has 0 aliphatic heterocycles. The first-order valence-corrected chi connectivity index (χ1v) is 5.76. The summed E-state index contributed by atoms with van der Waals surface area (Å²) in [7, 11) is 0. The second kappa shape index (κ2) is 4.29. The van der Waals surface area contributed by atoms with E-state index in [1.165, 1.54) is 0 Å². The van der Waals surface area contributed by atoms with Crippen LogP contribution in [0.1, 0.15) is 36.7 Å². The van der Waals surface area contributed by atoms with Crippen LogP contribution >= 0.6 is 0 Å². The lowest BCUT2D eigenvalue weighted by atomic mass is 9.84. The third-order valence-corrected chi connectivity index (χ3v) is 2.87. The predicted octanol–water partition coefficient (Wildman–Crippen LogP) is 2.89. The number of aromatic amines is 1. The number of carbonyl (C=O) groups excluding carboxylic acids is 1. The first kappa shape index (κ1) is 12.4. The van der Waals surface area contributed by atoms with E-state index >= 15 is 0 Å². The fourth-order valence-corrected chi connectivity index (χ4v) is 1.89. The van der Waals surface area contributed by atoms with Gasteiger partial charge in [0.25, 0.3) is 0 Å². The minimum atomic E-state index is -0.242. The van der Waals surface area contributed by atoms with E-state index in [1.807, 2.05) is 32.9 Å². The zero-order valence-corrected chi connectivity index (χ0v) is 10.7. The maximum atomic E-state index is 11.0. The molecular formula is C14H16N2O2. The number of hydrogen-bond donors (Lipinski definition) is 2. The summed E-state index contributed by atoms with van der Waals surface area (Å²) in [6, 6.07) is 5.35. The molecule has 1 aromatic heterocycles. The van der Waals surface area contributed by atoms with Gasteiger partial charge in [0.2, 0.25) is 0 Å². The van der Waals surface area contributed by atoms with Crippen molar-refractivity contribution in [3.63, 3.8) is 0 Å². The first-order chi connectivity index (χ1) is 8.43. The molecule has 2 rings (SSSR count). The number of hydrogen-bond acceptors (Lipinski definition) is 3. The highest BCUT2D eigenvalue weighted by molar-refractivity contribution is 5.83. The SMILES string of the molecule is CC(C)(C)c1cc(-c2cc[nH]n2)cc(C=O)c1O. The van der Waals surface area contributed by atoms with Crippen LogP contribution in [0.4, 0.5) is 0 Å². The molecule has 0 aliphatic rings. The number of H-pyrrole nitrogens is 1. The van der Waals surface area contributed by atoms with Crippen molar-refractivity contribution in [2.45, 2.75) is 26.2 Å². The summed E-state index contributed by atoms with van der Waals surface area (Å²) in [5, 5.41) is 16.9. The molecule has 0 bridgehead atoms. The third-order valence-electron chi connectivity index (χ3n) is 2.87. The molecule has 18 heavy (non-hydrogen) atoms. The number of phenolic OH excluding ortho intramolecular Hbond substituents is 1. The van der Waals surface area contributed by atoms with Crippen LogP contribution < -0.4 is 0 Å². The minimum absolute atomic E-state index is 0.0526. The summed E-state index contributed by atoms with van der Waals surface area (Å²) >= 11 is 0. The summed E-state index contributed by atoms with van der Waals surface area (Å²) in [6.45, 7) is 5.97. The summed E-state index contributed by atoms with van der Waals surface area (Å²) in [6.07, 6.45) is 2.39. The molecule has 0 unspecified atom stereocenters. The minimum Gasteiger partial charge on any atom is -0.507 e. The molecule has 0 aliphatic carbocycles. The standard InChI is InChI=1S/C14H16N2O2/c1-14(2,3)11-7-9(12-4-5-15-16-12)6-10(8-17)13(11)18/h4-8,18H,1-3H3,(H,15,16).